The maximum atomic E-state index is 12.7. The Labute approximate surface area is 114 Å². The Morgan fingerprint density at radius 3 is 2.68 bits per heavy atom. The van der Waals surface area contributed by atoms with Crippen LogP contribution in [0.15, 0.2) is 30.3 Å². The van der Waals surface area contributed by atoms with Crippen LogP contribution in [-0.4, -0.2) is 36.2 Å². The second-order valence-corrected chi connectivity index (χ2v) is 5.43. The molecule has 2 nitrogen and oxygen atoms in total. The highest BCUT2D eigenvalue weighted by atomic mass is 19.1. The van der Waals surface area contributed by atoms with Gasteiger partial charge in [0.1, 0.15) is 5.82 Å². The van der Waals surface area contributed by atoms with Crippen LogP contribution in [0.4, 0.5) is 4.39 Å². The normalized spacial score (nSPS) is 23.6. The van der Waals surface area contributed by atoms with Crippen molar-refractivity contribution in [1.82, 2.24) is 4.90 Å². The van der Waals surface area contributed by atoms with E-state index < -0.39 is 0 Å². The molecule has 0 spiro atoms. The van der Waals surface area contributed by atoms with Crippen LogP contribution in [0.3, 0.4) is 0 Å². The molecule has 1 aromatic carbocycles. The molecule has 104 valence electrons. The minimum atomic E-state index is -0.204. The number of halogens is 1. The maximum Gasteiger partial charge on any atom is 0.123 e. The van der Waals surface area contributed by atoms with Crippen molar-refractivity contribution >= 4 is 6.08 Å². The quantitative estimate of drug-likeness (QED) is 0.883. The largest absolute Gasteiger partial charge is 0.393 e. The summed E-state index contributed by atoms with van der Waals surface area (Å²) in [5.74, 6) is 0.216. The van der Waals surface area contributed by atoms with Gasteiger partial charge in [-0.15, -0.1) is 0 Å². The summed E-state index contributed by atoms with van der Waals surface area (Å²) in [6.07, 6.45) is 7.18. The van der Waals surface area contributed by atoms with E-state index in [-0.39, 0.29) is 11.9 Å². The smallest absolute Gasteiger partial charge is 0.123 e. The molecule has 0 heterocycles. The lowest BCUT2D eigenvalue weighted by atomic mass is 10.1. The molecule has 3 heteroatoms. The lowest BCUT2D eigenvalue weighted by Gasteiger charge is -2.21. The van der Waals surface area contributed by atoms with Crippen LogP contribution >= 0.6 is 0 Å². The number of aliphatic hydroxyl groups is 1. The first-order valence-corrected chi connectivity index (χ1v) is 6.94. The fourth-order valence-corrected chi connectivity index (χ4v) is 2.65. The van der Waals surface area contributed by atoms with Crippen molar-refractivity contribution in [1.29, 1.82) is 0 Å². The zero-order valence-electron chi connectivity index (χ0n) is 11.4. The summed E-state index contributed by atoms with van der Waals surface area (Å²) in [7, 11) is 2.07. The van der Waals surface area contributed by atoms with Crippen LogP contribution in [0.1, 0.15) is 24.8 Å². The average Bonchev–Trinajstić information content (AvgIpc) is 2.78. The first kappa shape index (κ1) is 14.2. The Balaban J connectivity index is 1.76. The molecule has 0 bridgehead atoms. The van der Waals surface area contributed by atoms with E-state index in [4.69, 9.17) is 0 Å². The second-order valence-electron chi connectivity index (χ2n) is 5.43. The first-order valence-electron chi connectivity index (χ1n) is 6.94. The predicted octanol–water partition coefficient (Wildman–Crippen LogP) is 2.93. The molecule has 0 saturated heterocycles. The van der Waals surface area contributed by atoms with Gasteiger partial charge in [-0.05, 0) is 43.5 Å². The van der Waals surface area contributed by atoms with Crippen LogP contribution in [0.5, 0.6) is 0 Å². The second kappa shape index (κ2) is 6.83. The predicted molar refractivity (Wildman–Crippen MR) is 76.3 cm³/mol. The molecular formula is C16H22FNO. The highest BCUT2D eigenvalue weighted by Crippen LogP contribution is 2.25. The van der Waals surface area contributed by atoms with E-state index in [9.17, 15) is 9.50 Å². The maximum absolute atomic E-state index is 12.7. The van der Waals surface area contributed by atoms with Gasteiger partial charge in [0.25, 0.3) is 0 Å². The first-order chi connectivity index (χ1) is 9.15. The molecule has 2 rings (SSSR count). The summed E-state index contributed by atoms with van der Waals surface area (Å²) in [6, 6.07) is 6.48. The van der Waals surface area contributed by atoms with Crippen molar-refractivity contribution in [3.8, 4) is 0 Å². The molecule has 0 aromatic heterocycles. The summed E-state index contributed by atoms with van der Waals surface area (Å²) in [5, 5.41) is 9.79. The minimum Gasteiger partial charge on any atom is -0.393 e. The molecule has 0 radical (unpaired) electrons. The Hall–Kier alpha value is -1.19. The number of likely N-dealkylation sites (N-methyl/N-ethyl adjacent to an activating group) is 1. The van der Waals surface area contributed by atoms with E-state index in [0.29, 0.717) is 5.92 Å². The van der Waals surface area contributed by atoms with Crippen molar-refractivity contribution in [2.45, 2.75) is 25.4 Å². The molecule has 1 saturated carbocycles. The minimum absolute atomic E-state index is 0.122. The van der Waals surface area contributed by atoms with Crippen LogP contribution in [-0.2, 0) is 0 Å². The Bertz CT molecular complexity index is 415. The van der Waals surface area contributed by atoms with Gasteiger partial charge in [-0.2, -0.15) is 0 Å². The molecular weight excluding hydrogens is 241 g/mol. The van der Waals surface area contributed by atoms with E-state index >= 15 is 0 Å². The van der Waals surface area contributed by atoms with Crippen LogP contribution < -0.4 is 0 Å². The van der Waals surface area contributed by atoms with E-state index in [1.54, 1.807) is 12.1 Å². The SMILES string of the molecule is CN(C/C=C/c1ccc(F)cc1)CC1CCCC1O. The van der Waals surface area contributed by atoms with Crippen molar-refractivity contribution in [2.24, 2.45) is 5.92 Å². The van der Waals surface area contributed by atoms with Gasteiger partial charge in [0, 0.05) is 13.1 Å². The van der Waals surface area contributed by atoms with Gasteiger partial charge in [0.2, 0.25) is 0 Å². The summed E-state index contributed by atoms with van der Waals surface area (Å²) in [4.78, 5) is 2.22. The van der Waals surface area contributed by atoms with Gasteiger partial charge in [0.05, 0.1) is 6.10 Å². The van der Waals surface area contributed by atoms with E-state index in [1.807, 2.05) is 6.08 Å². The lowest BCUT2D eigenvalue weighted by Crippen LogP contribution is -2.29. The van der Waals surface area contributed by atoms with E-state index in [0.717, 1.165) is 37.9 Å². The van der Waals surface area contributed by atoms with Crippen molar-refractivity contribution in [2.75, 3.05) is 20.1 Å². The van der Waals surface area contributed by atoms with Gasteiger partial charge < -0.3 is 10.0 Å². The van der Waals surface area contributed by atoms with Crippen molar-refractivity contribution in [3.05, 3.63) is 41.7 Å². The number of aliphatic hydroxyl groups excluding tert-OH is 1. The average molecular weight is 263 g/mol. The van der Waals surface area contributed by atoms with E-state index in [2.05, 4.69) is 18.0 Å². The molecule has 0 aliphatic heterocycles. The van der Waals surface area contributed by atoms with Crippen molar-refractivity contribution in [3.63, 3.8) is 0 Å². The number of benzene rings is 1. The van der Waals surface area contributed by atoms with Crippen molar-refractivity contribution < 1.29 is 9.50 Å². The Morgan fingerprint density at radius 2 is 2.05 bits per heavy atom. The van der Waals surface area contributed by atoms with Crippen LogP contribution in [0.2, 0.25) is 0 Å². The monoisotopic (exact) mass is 263 g/mol. The molecule has 1 aliphatic rings. The standard InChI is InChI=1S/C16H22FNO/c1-18(12-14-5-2-6-16(14)19)11-3-4-13-7-9-15(17)10-8-13/h3-4,7-10,14,16,19H,2,5-6,11-12H2,1H3/b4-3+. The zero-order chi connectivity index (χ0) is 13.7. The van der Waals surface area contributed by atoms with Gasteiger partial charge >= 0.3 is 0 Å². The molecule has 1 aliphatic carbocycles. The Morgan fingerprint density at radius 1 is 1.32 bits per heavy atom. The van der Waals surface area contributed by atoms with E-state index in [1.165, 1.54) is 12.1 Å². The van der Waals surface area contributed by atoms with Crippen LogP contribution in [0, 0.1) is 11.7 Å². The third kappa shape index (κ3) is 4.44. The fourth-order valence-electron chi connectivity index (χ4n) is 2.65. The molecule has 19 heavy (non-hydrogen) atoms. The summed E-state index contributed by atoms with van der Waals surface area (Å²) < 4.78 is 12.7. The van der Waals surface area contributed by atoms with Gasteiger partial charge in [-0.3, -0.25) is 0 Å². The zero-order valence-corrected chi connectivity index (χ0v) is 11.4. The van der Waals surface area contributed by atoms with Crippen LogP contribution in [0.25, 0.3) is 6.08 Å². The third-order valence-corrected chi connectivity index (χ3v) is 3.76. The van der Waals surface area contributed by atoms with Gasteiger partial charge in [-0.1, -0.05) is 30.7 Å². The van der Waals surface area contributed by atoms with Gasteiger partial charge in [0.15, 0.2) is 0 Å². The molecule has 0 amide bonds. The molecule has 1 N–H and O–H groups in total. The number of hydrogen-bond acceptors (Lipinski definition) is 2. The number of rotatable bonds is 5. The molecule has 1 fully saturated rings. The molecule has 1 aromatic rings. The fraction of sp³-hybridized carbons (Fsp3) is 0.500. The molecule has 2 unspecified atom stereocenters. The summed E-state index contributed by atoms with van der Waals surface area (Å²) in [6.45, 7) is 1.79. The highest BCUT2D eigenvalue weighted by Gasteiger charge is 2.25. The third-order valence-electron chi connectivity index (χ3n) is 3.76. The summed E-state index contributed by atoms with van der Waals surface area (Å²) >= 11 is 0. The highest BCUT2D eigenvalue weighted by molar-refractivity contribution is 5.48. The number of hydrogen-bond donors (Lipinski definition) is 1. The molecule has 2 atom stereocenters. The lowest BCUT2D eigenvalue weighted by molar-refractivity contribution is 0.112. The summed E-state index contributed by atoms with van der Waals surface area (Å²) in [5.41, 5.74) is 1.01. The number of nitrogens with zero attached hydrogens (tertiary/aromatic N) is 1. The Kier molecular flexibility index (Phi) is 5.11. The van der Waals surface area contributed by atoms with Gasteiger partial charge in [-0.25, -0.2) is 4.39 Å². The topological polar surface area (TPSA) is 23.5 Å².